The maximum Gasteiger partial charge on any atom is 0.360 e. The summed E-state index contributed by atoms with van der Waals surface area (Å²) in [7, 11) is 2.64. The van der Waals surface area contributed by atoms with E-state index in [9.17, 15) is 14.4 Å². The summed E-state index contributed by atoms with van der Waals surface area (Å²) in [6.07, 6.45) is 1.98. The van der Waals surface area contributed by atoms with E-state index in [4.69, 9.17) is 14.3 Å². The molecule has 3 unspecified atom stereocenters. The predicted molar refractivity (Wildman–Crippen MR) is 146 cm³/mol. The zero-order chi connectivity index (χ0) is 26.8. The molecule has 0 N–H and O–H groups in total. The lowest BCUT2D eigenvalue weighted by molar-refractivity contribution is -0.133. The highest BCUT2D eigenvalue weighted by Gasteiger charge is 2.86. The lowest BCUT2D eigenvalue weighted by Gasteiger charge is -2.27. The van der Waals surface area contributed by atoms with Crippen LogP contribution in [0.2, 0.25) is 0 Å². The fourth-order valence-corrected chi connectivity index (χ4v) is 8.13. The summed E-state index contributed by atoms with van der Waals surface area (Å²) < 4.78 is 9.49. The van der Waals surface area contributed by atoms with Crippen molar-refractivity contribution in [1.82, 2.24) is 0 Å². The average molecular weight is 543 g/mol. The third kappa shape index (κ3) is 4.40. The molecule has 3 atom stereocenters. The van der Waals surface area contributed by atoms with Crippen molar-refractivity contribution in [2.75, 3.05) is 37.7 Å². The average Bonchev–Trinajstić information content (AvgIpc) is 3.34. The van der Waals surface area contributed by atoms with E-state index < -0.39 is 22.0 Å². The normalized spacial score (nSPS) is 24.6. The summed E-state index contributed by atoms with van der Waals surface area (Å²) in [5.74, 6) is 0.320. The minimum Gasteiger partial charge on any atom is -0.494 e. The van der Waals surface area contributed by atoms with Gasteiger partial charge in [0.15, 0.2) is 5.71 Å². The van der Waals surface area contributed by atoms with Crippen LogP contribution >= 0.6 is 23.5 Å². The highest BCUT2D eigenvalue weighted by atomic mass is 32.2. The van der Waals surface area contributed by atoms with Crippen molar-refractivity contribution in [2.24, 2.45) is 16.5 Å². The Balaban J connectivity index is 1.66. The topological polar surface area (TPSA) is 94.5 Å². The van der Waals surface area contributed by atoms with Crippen molar-refractivity contribution in [3.8, 4) is 5.75 Å². The first kappa shape index (κ1) is 27.1. The quantitative estimate of drug-likeness (QED) is 0.181. The van der Waals surface area contributed by atoms with E-state index in [0.717, 1.165) is 5.56 Å². The second-order valence-electron chi connectivity index (χ2n) is 8.98. The SMILES string of the molecule is CCOc1ccc(N2C(=O)C3C(C)(CSC)C3(SCc3ccccc3C(=NOC)C(=O)OC)C2=O)cc1. The van der Waals surface area contributed by atoms with Crippen molar-refractivity contribution < 1.29 is 28.7 Å². The fraction of sp³-hybridized carbons (Fsp3) is 0.407. The Kier molecular flexibility index (Phi) is 7.89. The van der Waals surface area contributed by atoms with Crippen LogP contribution in [-0.2, 0) is 29.7 Å². The Hall–Kier alpha value is -2.98. The molecule has 8 nitrogen and oxygen atoms in total. The van der Waals surface area contributed by atoms with Crippen molar-refractivity contribution in [1.29, 1.82) is 0 Å². The van der Waals surface area contributed by atoms with Crippen LogP contribution in [0.25, 0.3) is 0 Å². The van der Waals surface area contributed by atoms with E-state index in [2.05, 4.69) is 5.16 Å². The Morgan fingerprint density at radius 3 is 2.43 bits per heavy atom. The number of thioether (sulfide) groups is 2. The molecule has 2 aliphatic rings. The number of nitrogens with zero attached hydrogens (tertiary/aromatic N) is 2. The molecule has 37 heavy (non-hydrogen) atoms. The third-order valence-corrected chi connectivity index (χ3v) is 9.61. The number of imide groups is 1. The lowest BCUT2D eigenvalue weighted by atomic mass is 10.0. The van der Waals surface area contributed by atoms with Crippen molar-refractivity contribution in [3.63, 3.8) is 0 Å². The Labute approximate surface area is 225 Å². The summed E-state index contributed by atoms with van der Waals surface area (Å²) >= 11 is 3.08. The second kappa shape index (κ2) is 10.8. The monoisotopic (exact) mass is 542 g/mol. The van der Waals surface area contributed by atoms with Gasteiger partial charge < -0.3 is 14.3 Å². The summed E-state index contributed by atoms with van der Waals surface area (Å²) in [5.41, 5.74) is 1.46. The van der Waals surface area contributed by atoms with Crippen LogP contribution in [0.5, 0.6) is 5.75 Å². The summed E-state index contributed by atoms with van der Waals surface area (Å²) in [5, 5.41) is 3.88. The zero-order valence-electron chi connectivity index (χ0n) is 21.5. The van der Waals surface area contributed by atoms with Gasteiger partial charge in [0, 0.05) is 22.5 Å². The number of hydrogen-bond acceptors (Lipinski definition) is 9. The molecule has 2 fully saturated rings. The highest BCUT2D eigenvalue weighted by molar-refractivity contribution is 8.01. The number of ether oxygens (including phenoxy) is 2. The Bertz CT molecular complexity index is 1230. The van der Waals surface area contributed by atoms with Crippen LogP contribution in [-0.4, -0.2) is 61.1 Å². The molecule has 2 aromatic carbocycles. The molecule has 1 aliphatic carbocycles. The van der Waals surface area contributed by atoms with Gasteiger partial charge in [-0.3, -0.25) is 9.59 Å². The van der Waals surface area contributed by atoms with Gasteiger partial charge in [0.1, 0.15) is 17.6 Å². The van der Waals surface area contributed by atoms with Crippen LogP contribution in [0.1, 0.15) is 25.0 Å². The van der Waals surface area contributed by atoms with Gasteiger partial charge in [-0.2, -0.15) is 11.8 Å². The van der Waals surface area contributed by atoms with Gasteiger partial charge in [-0.15, -0.1) is 11.8 Å². The standard InChI is InChI=1S/C27H30N2O6S2/c1-6-35-19-13-11-18(12-14-19)29-23(30)22-26(2,16-36-5)27(22,25(29)32)37-15-17-9-7-8-10-20(17)21(28-34-4)24(31)33-3/h7-14,22H,6,15-16H2,1-5H3. The maximum atomic E-state index is 14.0. The van der Waals surface area contributed by atoms with Gasteiger partial charge in [0.2, 0.25) is 5.91 Å². The second-order valence-corrected chi connectivity index (χ2v) is 11.1. The number of carbonyl (C=O) groups excluding carboxylic acids is 3. The highest BCUT2D eigenvalue weighted by Crippen LogP contribution is 2.74. The minimum atomic E-state index is -0.900. The minimum absolute atomic E-state index is 0.0442. The van der Waals surface area contributed by atoms with Gasteiger partial charge in [-0.05, 0) is 43.0 Å². The van der Waals surface area contributed by atoms with Crippen molar-refractivity contribution in [3.05, 3.63) is 59.7 Å². The number of carbonyl (C=O) groups is 3. The number of piperidine rings is 1. The van der Waals surface area contributed by atoms with Gasteiger partial charge >= 0.3 is 5.97 Å². The molecule has 2 amide bonds. The largest absolute Gasteiger partial charge is 0.494 e. The van der Waals surface area contributed by atoms with Crippen molar-refractivity contribution in [2.45, 2.75) is 24.3 Å². The first-order chi connectivity index (χ1) is 17.8. The third-order valence-electron chi connectivity index (χ3n) is 6.94. The molecule has 0 aromatic heterocycles. The molecule has 4 rings (SSSR count). The van der Waals surface area contributed by atoms with Crippen LogP contribution in [0.4, 0.5) is 5.69 Å². The Morgan fingerprint density at radius 2 is 1.81 bits per heavy atom. The number of esters is 1. The molecular weight excluding hydrogens is 512 g/mol. The van der Waals surface area contributed by atoms with Gasteiger partial charge in [0.25, 0.3) is 5.91 Å². The molecule has 1 saturated carbocycles. The number of methoxy groups -OCH3 is 1. The molecule has 2 aromatic rings. The van der Waals surface area contributed by atoms with Crippen molar-refractivity contribution >= 4 is 52.7 Å². The van der Waals surface area contributed by atoms with E-state index in [-0.39, 0.29) is 17.5 Å². The first-order valence-corrected chi connectivity index (χ1v) is 14.2. The maximum absolute atomic E-state index is 14.0. The van der Waals surface area contributed by atoms with Crippen LogP contribution in [0, 0.1) is 11.3 Å². The Morgan fingerprint density at radius 1 is 1.11 bits per heavy atom. The van der Waals surface area contributed by atoms with Gasteiger partial charge in [0.05, 0.1) is 25.3 Å². The van der Waals surface area contributed by atoms with E-state index >= 15 is 0 Å². The summed E-state index contributed by atoms with van der Waals surface area (Å²) in [6, 6.07) is 14.3. The number of hydrogen-bond donors (Lipinski definition) is 0. The van der Waals surface area contributed by atoms with Crippen LogP contribution in [0.3, 0.4) is 0 Å². The van der Waals surface area contributed by atoms with Crippen LogP contribution in [0.15, 0.2) is 53.7 Å². The number of anilines is 1. The first-order valence-electron chi connectivity index (χ1n) is 11.8. The summed E-state index contributed by atoms with van der Waals surface area (Å²) in [4.78, 5) is 46.2. The molecule has 0 spiro atoms. The van der Waals surface area contributed by atoms with Gasteiger partial charge in [-0.1, -0.05) is 36.3 Å². The molecule has 10 heteroatoms. The lowest BCUT2D eigenvalue weighted by Crippen LogP contribution is -2.42. The summed E-state index contributed by atoms with van der Waals surface area (Å²) in [6.45, 7) is 4.45. The van der Waals surface area contributed by atoms with Crippen LogP contribution < -0.4 is 9.64 Å². The van der Waals surface area contributed by atoms with E-state index in [0.29, 0.717) is 35.1 Å². The smallest absolute Gasteiger partial charge is 0.360 e. The number of fused-ring (bicyclic) bond motifs is 1. The molecule has 0 radical (unpaired) electrons. The molecule has 1 heterocycles. The van der Waals surface area contributed by atoms with E-state index in [1.54, 1.807) is 48.2 Å². The molecule has 196 valence electrons. The van der Waals surface area contributed by atoms with Gasteiger partial charge in [-0.25, -0.2) is 9.69 Å². The number of benzene rings is 2. The predicted octanol–water partition coefficient (Wildman–Crippen LogP) is 4.15. The van der Waals surface area contributed by atoms with E-state index in [1.165, 1.54) is 30.9 Å². The molecule has 1 saturated heterocycles. The molecule has 1 aliphatic heterocycles. The molecule has 0 bridgehead atoms. The number of oxime groups is 1. The number of rotatable bonds is 11. The molecular formula is C27H30N2O6S2. The van der Waals surface area contributed by atoms with E-state index in [1.807, 2.05) is 32.2 Å². The number of amides is 2. The zero-order valence-corrected chi connectivity index (χ0v) is 23.1. The fourth-order valence-electron chi connectivity index (χ4n) is 5.21.